The zero-order chi connectivity index (χ0) is 17.1. The van der Waals surface area contributed by atoms with Crippen LogP contribution < -0.4 is 5.32 Å². The largest absolute Gasteiger partial charge is 0.335 e. The minimum Gasteiger partial charge on any atom is -0.335 e. The lowest BCUT2D eigenvalue weighted by atomic mass is 10.3. The average molecular weight is 368 g/mol. The molecule has 0 saturated carbocycles. The molecule has 0 bridgehead atoms. The minimum absolute atomic E-state index is 0.157. The van der Waals surface area contributed by atoms with E-state index in [2.05, 4.69) is 15.4 Å². The van der Waals surface area contributed by atoms with Crippen LogP contribution >= 0.6 is 23.2 Å². The number of aromatic nitrogens is 3. The van der Waals surface area contributed by atoms with E-state index in [9.17, 15) is 4.79 Å². The molecule has 2 heterocycles. The summed E-state index contributed by atoms with van der Waals surface area (Å²) in [5.74, 6) is 0.682. The van der Waals surface area contributed by atoms with Gasteiger partial charge >= 0.3 is 0 Å². The molecule has 1 fully saturated rings. The number of amides is 1. The fourth-order valence-electron chi connectivity index (χ4n) is 2.72. The van der Waals surface area contributed by atoms with Gasteiger partial charge in [0.15, 0.2) is 0 Å². The van der Waals surface area contributed by atoms with Crippen LogP contribution in [0.1, 0.15) is 29.8 Å². The molecule has 8 heteroatoms. The number of hydrogen-bond acceptors (Lipinski definition) is 4. The van der Waals surface area contributed by atoms with Crippen molar-refractivity contribution in [3.63, 3.8) is 0 Å². The summed E-state index contributed by atoms with van der Waals surface area (Å²) in [6.07, 6.45) is 1.53. The Bertz CT molecular complexity index is 718. The van der Waals surface area contributed by atoms with Crippen LogP contribution in [-0.4, -0.2) is 51.8 Å². The van der Waals surface area contributed by atoms with Crippen molar-refractivity contribution in [2.45, 2.75) is 19.8 Å². The average Bonchev–Trinajstić information content (AvgIpc) is 2.80. The van der Waals surface area contributed by atoms with Gasteiger partial charge in [-0.05, 0) is 25.1 Å². The summed E-state index contributed by atoms with van der Waals surface area (Å²) in [6, 6.07) is 5.25. The topological polar surface area (TPSA) is 63.1 Å². The molecule has 2 aromatic rings. The highest BCUT2D eigenvalue weighted by atomic mass is 35.5. The number of carbonyl (C=O) groups is 1. The molecule has 1 aromatic carbocycles. The maximum absolute atomic E-state index is 12.7. The zero-order valence-corrected chi connectivity index (χ0v) is 14.9. The van der Waals surface area contributed by atoms with Gasteiger partial charge in [-0.25, -0.2) is 9.67 Å². The summed E-state index contributed by atoms with van der Waals surface area (Å²) in [5.41, 5.74) is 0.557. The Kier molecular flexibility index (Phi) is 5.38. The predicted molar refractivity (Wildman–Crippen MR) is 94.1 cm³/mol. The number of nitrogens with zero attached hydrogens (tertiary/aromatic N) is 4. The lowest BCUT2D eigenvalue weighted by molar-refractivity contribution is 0.0754. The van der Waals surface area contributed by atoms with Gasteiger partial charge in [0.05, 0.1) is 10.0 Å². The molecule has 1 aromatic heterocycles. The van der Waals surface area contributed by atoms with Crippen molar-refractivity contribution >= 4 is 29.1 Å². The summed E-state index contributed by atoms with van der Waals surface area (Å²) >= 11 is 12.6. The third-order valence-electron chi connectivity index (χ3n) is 3.96. The maximum Gasteiger partial charge on any atom is 0.293 e. The van der Waals surface area contributed by atoms with Crippen molar-refractivity contribution in [2.24, 2.45) is 0 Å². The molecule has 6 nitrogen and oxygen atoms in total. The third kappa shape index (κ3) is 3.41. The second-order valence-electron chi connectivity index (χ2n) is 5.58. The van der Waals surface area contributed by atoms with E-state index < -0.39 is 0 Å². The number of aryl methyl sites for hydroxylation is 1. The standard InChI is InChI=1S/C16H19Cl2N5O/c1-2-13-20-15(16(24)22-9-4-7-19-8-10-22)21-23(13)14-11(17)5-3-6-12(14)18/h3,5-6,19H,2,4,7-10H2,1H3. The molecule has 0 aliphatic carbocycles. The van der Waals surface area contributed by atoms with E-state index in [0.717, 1.165) is 19.5 Å². The normalized spacial score (nSPS) is 15.4. The minimum atomic E-state index is -0.157. The van der Waals surface area contributed by atoms with Gasteiger partial charge < -0.3 is 10.2 Å². The Labute approximate surface area is 150 Å². The van der Waals surface area contributed by atoms with Gasteiger partial charge in [0.1, 0.15) is 11.5 Å². The Balaban J connectivity index is 1.97. The lowest BCUT2D eigenvalue weighted by Crippen LogP contribution is -2.34. The molecule has 0 atom stereocenters. The van der Waals surface area contributed by atoms with Crippen molar-refractivity contribution in [3.05, 3.63) is 39.9 Å². The SMILES string of the molecule is CCc1nc(C(=O)N2CCCNCC2)nn1-c1c(Cl)cccc1Cl. The fraction of sp³-hybridized carbons (Fsp3) is 0.438. The summed E-state index contributed by atoms with van der Waals surface area (Å²) in [5, 5.41) is 8.63. The van der Waals surface area contributed by atoms with Gasteiger partial charge in [0.25, 0.3) is 5.91 Å². The number of para-hydroxylation sites is 1. The highest BCUT2D eigenvalue weighted by Gasteiger charge is 2.24. The Morgan fingerprint density at radius 1 is 1.25 bits per heavy atom. The number of hydrogen-bond donors (Lipinski definition) is 1. The van der Waals surface area contributed by atoms with E-state index in [4.69, 9.17) is 23.2 Å². The van der Waals surface area contributed by atoms with Gasteiger partial charge in [0.2, 0.25) is 5.82 Å². The first-order valence-electron chi connectivity index (χ1n) is 8.02. The van der Waals surface area contributed by atoms with Crippen LogP contribution in [0.2, 0.25) is 10.0 Å². The van der Waals surface area contributed by atoms with E-state index in [1.807, 2.05) is 6.92 Å². The maximum atomic E-state index is 12.7. The number of benzene rings is 1. The van der Waals surface area contributed by atoms with E-state index in [-0.39, 0.29) is 11.7 Å². The molecule has 1 aliphatic rings. The summed E-state index contributed by atoms with van der Waals surface area (Å²) in [6.45, 7) is 5.01. The molecule has 0 radical (unpaired) electrons. The molecule has 0 unspecified atom stereocenters. The second-order valence-corrected chi connectivity index (χ2v) is 6.40. The van der Waals surface area contributed by atoms with Gasteiger partial charge in [-0.15, -0.1) is 5.10 Å². The van der Waals surface area contributed by atoms with Crippen LogP contribution in [0, 0.1) is 0 Å². The Morgan fingerprint density at radius 3 is 2.71 bits per heavy atom. The number of carbonyl (C=O) groups excluding carboxylic acids is 1. The van der Waals surface area contributed by atoms with E-state index in [0.29, 0.717) is 41.1 Å². The van der Waals surface area contributed by atoms with Crippen molar-refractivity contribution in [3.8, 4) is 5.69 Å². The molecule has 1 aliphatic heterocycles. The predicted octanol–water partition coefficient (Wildman–Crippen LogP) is 2.57. The molecule has 0 spiro atoms. The molecule has 24 heavy (non-hydrogen) atoms. The monoisotopic (exact) mass is 367 g/mol. The van der Waals surface area contributed by atoms with Gasteiger partial charge in [0, 0.05) is 26.1 Å². The van der Waals surface area contributed by atoms with E-state index in [1.165, 1.54) is 0 Å². The quantitative estimate of drug-likeness (QED) is 0.905. The highest BCUT2D eigenvalue weighted by Crippen LogP contribution is 2.28. The van der Waals surface area contributed by atoms with Crippen LogP contribution in [0.15, 0.2) is 18.2 Å². The van der Waals surface area contributed by atoms with Crippen LogP contribution in [0.25, 0.3) is 5.69 Å². The van der Waals surface area contributed by atoms with Crippen molar-refractivity contribution in [1.29, 1.82) is 0 Å². The lowest BCUT2D eigenvalue weighted by Gasteiger charge is -2.17. The van der Waals surface area contributed by atoms with Crippen LogP contribution in [-0.2, 0) is 6.42 Å². The van der Waals surface area contributed by atoms with E-state index >= 15 is 0 Å². The number of halogens is 2. The molecule has 1 amide bonds. The molecular weight excluding hydrogens is 349 g/mol. The first-order valence-corrected chi connectivity index (χ1v) is 8.77. The summed E-state index contributed by atoms with van der Waals surface area (Å²) in [4.78, 5) is 18.9. The molecule has 1 saturated heterocycles. The molecule has 1 N–H and O–H groups in total. The second kappa shape index (κ2) is 7.51. The van der Waals surface area contributed by atoms with Crippen LogP contribution in [0.4, 0.5) is 0 Å². The highest BCUT2D eigenvalue weighted by molar-refractivity contribution is 6.37. The first-order chi connectivity index (χ1) is 11.6. The number of nitrogens with one attached hydrogen (secondary N) is 1. The van der Waals surface area contributed by atoms with Crippen molar-refractivity contribution in [2.75, 3.05) is 26.2 Å². The Hall–Kier alpha value is -1.63. The smallest absolute Gasteiger partial charge is 0.293 e. The van der Waals surface area contributed by atoms with Gasteiger partial charge in [-0.2, -0.15) is 0 Å². The van der Waals surface area contributed by atoms with Crippen molar-refractivity contribution in [1.82, 2.24) is 25.0 Å². The van der Waals surface area contributed by atoms with Crippen molar-refractivity contribution < 1.29 is 4.79 Å². The summed E-state index contributed by atoms with van der Waals surface area (Å²) in [7, 11) is 0. The third-order valence-corrected chi connectivity index (χ3v) is 4.57. The van der Waals surface area contributed by atoms with Crippen LogP contribution in [0.3, 0.4) is 0 Å². The fourth-order valence-corrected chi connectivity index (χ4v) is 3.28. The zero-order valence-electron chi connectivity index (χ0n) is 13.4. The van der Waals surface area contributed by atoms with Crippen LogP contribution in [0.5, 0.6) is 0 Å². The van der Waals surface area contributed by atoms with Gasteiger partial charge in [-0.3, -0.25) is 4.79 Å². The van der Waals surface area contributed by atoms with E-state index in [1.54, 1.807) is 27.8 Å². The number of rotatable bonds is 3. The molecule has 3 rings (SSSR count). The van der Waals surface area contributed by atoms with Gasteiger partial charge in [-0.1, -0.05) is 36.2 Å². The molecular formula is C16H19Cl2N5O. The molecule has 128 valence electrons. The summed E-state index contributed by atoms with van der Waals surface area (Å²) < 4.78 is 1.58. The Morgan fingerprint density at radius 2 is 2.00 bits per heavy atom. The first kappa shape index (κ1) is 17.2.